The molecule has 3 bridgehead atoms. The maximum absolute atomic E-state index is 6.14. The first-order valence-corrected chi connectivity index (χ1v) is 8.05. The molecule has 0 aromatic carbocycles. The molecule has 4 rings (SSSR count). The van der Waals surface area contributed by atoms with Gasteiger partial charge in [-0.25, -0.2) is 0 Å². The van der Waals surface area contributed by atoms with E-state index in [9.17, 15) is 0 Å². The van der Waals surface area contributed by atoms with E-state index in [0.717, 1.165) is 30.2 Å². The van der Waals surface area contributed by atoms with Crippen LogP contribution in [0.25, 0.3) is 0 Å². The number of hydrogen-bond donors (Lipinski definition) is 2. The molecule has 0 saturated heterocycles. The van der Waals surface area contributed by atoms with Gasteiger partial charge in [0.05, 0.1) is 0 Å². The summed E-state index contributed by atoms with van der Waals surface area (Å²) in [6, 6.07) is 4.57. The van der Waals surface area contributed by atoms with Crippen molar-refractivity contribution in [2.24, 2.45) is 29.4 Å². The van der Waals surface area contributed by atoms with Crippen molar-refractivity contribution in [3.05, 3.63) is 30.1 Å². The van der Waals surface area contributed by atoms with Crippen molar-refractivity contribution in [3.63, 3.8) is 0 Å². The van der Waals surface area contributed by atoms with Crippen molar-refractivity contribution in [2.45, 2.75) is 44.7 Å². The number of nitrogens with one attached hydrogen (secondary N) is 1. The Morgan fingerprint density at radius 3 is 2.50 bits per heavy atom. The molecule has 5 atom stereocenters. The summed E-state index contributed by atoms with van der Waals surface area (Å²) in [4.78, 5) is 3.90. The smallest absolute Gasteiger partial charge is 0.0271 e. The van der Waals surface area contributed by atoms with Gasteiger partial charge in [-0.1, -0.05) is 0 Å². The first-order valence-electron chi connectivity index (χ1n) is 8.05. The predicted octanol–water partition coefficient (Wildman–Crippen LogP) is 2.57. The van der Waals surface area contributed by atoms with E-state index >= 15 is 0 Å². The summed E-state index contributed by atoms with van der Waals surface area (Å²) in [6.07, 6.45) is 11.0. The van der Waals surface area contributed by atoms with E-state index in [0.29, 0.717) is 6.04 Å². The second kappa shape index (κ2) is 6.23. The standard InChI is InChI=1S/C10H17N.C7H10N2/c11-10-5-7-1-6-2-8(3-7)9(10)4-6;1-8-6-7-2-4-9-5-3-7/h6-10H,1-5,11H2;2-5,8H,6H2,1H3. The van der Waals surface area contributed by atoms with Crippen LogP contribution in [0, 0.1) is 23.7 Å². The van der Waals surface area contributed by atoms with Crippen molar-refractivity contribution in [1.82, 2.24) is 10.3 Å². The summed E-state index contributed by atoms with van der Waals surface area (Å²) >= 11 is 0. The van der Waals surface area contributed by atoms with E-state index in [4.69, 9.17) is 5.73 Å². The largest absolute Gasteiger partial charge is 0.327 e. The Hall–Kier alpha value is -0.930. The number of nitrogens with two attached hydrogens (primary N) is 1. The monoisotopic (exact) mass is 273 g/mol. The van der Waals surface area contributed by atoms with E-state index in [1.165, 1.54) is 37.7 Å². The molecular weight excluding hydrogens is 246 g/mol. The van der Waals surface area contributed by atoms with Crippen LogP contribution in [0.5, 0.6) is 0 Å². The minimum absolute atomic E-state index is 0.575. The number of pyridine rings is 1. The van der Waals surface area contributed by atoms with Crippen LogP contribution >= 0.6 is 0 Å². The van der Waals surface area contributed by atoms with Crippen LogP contribution in [0.2, 0.25) is 0 Å². The fourth-order valence-corrected chi connectivity index (χ4v) is 4.72. The van der Waals surface area contributed by atoms with Crippen LogP contribution in [0.1, 0.15) is 37.7 Å². The van der Waals surface area contributed by atoms with E-state index in [1.54, 1.807) is 12.4 Å². The van der Waals surface area contributed by atoms with Gasteiger partial charge in [-0.3, -0.25) is 4.98 Å². The van der Waals surface area contributed by atoms with Gasteiger partial charge in [-0.15, -0.1) is 0 Å². The number of rotatable bonds is 2. The first-order chi connectivity index (χ1) is 9.76. The number of hydrogen-bond acceptors (Lipinski definition) is 3. The topological polar surface area (TPSA) is 50.9 Å². The fourth-order valence-electron chi connectivity index (χ4n) is 4.72. The maximum atomic E-state index is 6.14. The Morgan fingerprint density at radius 1 is 1.10 bits per heavy atom. The van der Waals surface area contributed by atoms with E-state index in [-0.39, 0.29) is 0 Å². The molecule has 0 aliphatic heterocycles. The molecule has 3 fully saturated rings. The van der Waals surface area contributed by atoms with E-state index in [2.05, 4.69) is 10.3 Å². The van der Waals surface area contributed by atoms with Gasteiger partial charge in [-0.05, 0) is 80.5 Å². The van der Waals surface area contributed by atoms with Crippen molar-refractivity contribution in [2.75, 3.05) is 7.05 Å². The van der Waals surface area contributed by atoms with Crippen molar-refractivity contribution < 1.29 is 0 Å². The zero-order chi connectivity index (χ0) is 13.9. The lowest BCUT2D eigenvalue weighted by atomic mass is 9.70. The lowest BCUT2D eigenvalue weighted by Crippen LogP contribution is -2.39. The summed E-state index contributed by atoms with van der Waals surface area (Å²) < 4.78 is 0. The molecular formula is C17H27N3. The highest BCUT2D eigenvalue weighted by Crippen LogP contribution is 2.54. The molecule has 110 valence electrons. The predicted molar refractivity (Wildman–Crippen MR) is 82.0 cm³/mol. The molecule has 5 unspecified atom stereocenters. The Kier molecular flexibility index (Phi) is 4.37. The summed E-state index contributed by atoms with van der Waals surface area (Å²) in [5, 5.41) is 3.06. The molecule has 1 heterocycles. The Morgan fingerprint density at radius 2 is 1.80 bits per heavy atom. The van der Waals surface area contributed by atoms with Crippen LogP contribution < -0.4 is 11.1 Å². The maximum Gasteiger partial charge on any atom is 0.0271 e. The van der Waals surface area contributed by atoms with Gasteiger partial charge in [0, 0.05) is 25.0 Å². The average Bonchev–Trinajstić information content (AvgIpc) is 2.69. The molecule has 3 nitrogen and oxygen atoms in total. The molecule has 3 aliphatic carbocycles. The van der Waals surface area contributed by atoms with E-state index in [1.807, 2.05) is 19.2 Å². The quantitative estimate of drug-likeness (QED) is 0.871. The Bertz CT molecular complexity index is 415. The van der Waals surface area contributed by atoms with Gasteiger partial charge in [0.2, 0.25) is 0 Å². The molecule has 0 radical (unpaired) electrons. The van der Waals surface area contributed by atoms with Gasteiger partial charge in [0.25, 0.3) is 0 Å². The molecule has 1 aromatic rings. The van der Waals surface area contributed by atoms with Gasteiger partial charge in [0.1, 0.15) is 0 Å². The molecule has 3 aliphatic rings. The van der Waals surface area contributed by atoms with Gasteiger partial charge in [0.15, 0.2) is 0 Å². The first kappa shape index (κ1) is 14.0. The third-order valence-electron chi connectivity index (χ3n) is 5.44. The molecule has 3 N–H and O–H groups in total. The zero-order valence-corrected chi connectivity index (χ0v) is 12.5. The minimum Gasteiger partial charge on any atom is -0.327 e. The highest BCUT2D eigenvalue weighted by molar-refractivity contribution is 5.08. The highest BCUT2D eigenvalue weighted by Gasteiger charge is 2.47. The molecule has 20 heavy (non-hydrogen) atoms. The average molecular weight is 273 g/mol. The van der Waals surface area contributed by atoms with Crippen molar-refractivity contribution in [1.29, 1.82) is 0 Å². The Balaban J connectivity index is 0.000000124. The molecule has 3 heteroatoms. The normalized spacial score (nSPS) is 37.4. The summed E-state index contributed by atoms with van der Waals surface area (Å²) in [5.41, 5.74) is 7.41. The van der Waals surface area contributed by atoms with Crippen LogP contribution in [-0.4, -0.2) is 18.1 Å². The van der Waals surface area contributed by atoms with Crippen LogP contribution in [-0.2, 0) is 6.54 Å². The van der Waals surface area contributed by atoms with Crippen LogP contribution in [0.4, 0.5) is 0 Å². The van der Waals surface area contributed by atoms with Crippen molar-refractivity contribution >= 4 is 0 Å². The second-order valence-corrected chi connectivity index (χ2v) is 6.88. The molecule has 0 spiro atoms. The molecule has 0 amide bonds. The lowest BCUT2D eigenvalue weighted by Gasteiger charge is -2.37. The number of fused-ring (bicyclic) bond motifs is 2. The van der Waals surface area contributed by atoms with Gasteiger partial charge >= 0.3 is 0 Å². The highest BCUT2D eigenvalue weighted by atomic mass is 14.8. The third kappa shape index (κ3) is 3.04. The Labute approximate surface area is 122 Å². The molecule has 1 aromatic heterocycles. The minimum atomic E-state index is 0.575. The van der Waals surface area contributed by atoms with Gasteiger partial charge in [-0.2, -0.15) is 0 Å². The van der Waals surface area contributed by atoms with Gasteiger partial charge < -0.3 is 11.1 Å². The number of nitrogens with zero attached hydrogens (tertiary/aromatic N) is 1. The summed E-state index contributed by atoms with van der Waals surface area (Å²) in [6.45, 7) is 0.919. The molecule has 3 saturated carbocycles. The van der Waals surface area contributed by atoms with Crippen molar-refractivity contribution in [3.8, 4) is 0 Å². The number of aromatic nitrogens is 1. The second-order valence-electron chi connectivity index (χ2n) is 6.88. The lowest BCUT2D eigenvalue weighted by molar-refractivity contribution is 0.156. The summed E-state index contributed by atoms with van der Waals surface area (Å²) in [7, 11) is 1.93. The van der Waals surface area contributed by atoms with Crippen LogP contribution in [0.15, 0.2) is 24.5 Å². The third-order valence-corrected chi connectivity index (χ3v) is 5.44. The summed E-state index contributed by atoms with van der Waals surface area (Å²) in [5.74, 6) is 4.08. The van der Waals surface area contributed by atoms with E-state index < -0.39 is 0 Å². The zero-order valence-electron chi connectivity index (χ0n) is 12.5. The fraction of sp³-hybridized carbons (Fsp3) is 0.706. The van der Waals surface area contributed by atoms with Crippen LogP contribution in [0.3, 0.4) is 0 Å². The SMILES string of the molecule is CNCc1ccncc1.NC1CC2CC3CC(C2)C1C3.